The Kier molecular flexibility index (Phi) is 3.03. The van der Waals surface area contributed by atoms with Crippen LogP contribution in [-0.2, 0) is 0 Å². The lowest BCUT2D eigenvalue weighted by atomic mass is 10.3. The Balaban J connectivity index is 2.08. The highest BCUT2D eigenvalue weighted by Gasteiger charge is 2.15. The van der Waals surface area contributed by atoms with Gasteiger partial charge < -0.3 is 5.01 Å². The summed E-state index contributed by atoms with van der Waals surface area (Å²) in [5.74, 6) is 1.12. The minimum Gasteiger partial charge on any atom is -0.306 e. The molecular weight excluding hydrogens is 200 g/mol. The molecule has 0 radical (unpaired) electrons. The predicted molar refractivity (Wildman–Crippen MR) is 62.2 cm³/mol. The van der Waals surface area contributed by atoms with Crippen LogP contribution in [0.5, 0.6) is 0 Å². The van der Waals surface area contributed by atoms with Crippen LogP contribution in [0.25, 0.3) is 0 Å². The van der Waals surface area contributed by atoms with Crippen LogP contribution in [0, 0.1) is 0 Å². The van der Waals surface area contributed by atoms with Crippen molar-refractivity contribution in [1.82, 2.24) is 5.43 Å². The van der Waals surface area contributed by atoms with E-state index >= 15 is 0 Å². The summed E-state index contributed by atoms with van der Waals surface area (Å²) < 4.78 is 0.217. The number of thioether (sulfide) groups is 1. The van der Waals surface area contributed by atoms with Gasteiger partial charge in [-0.15, -0.1) is 24.4 Å². The lowest BCUT2D eigenvalue weighted by Crippen LogP contribution is -2.46. The highest BCUT2D eigenvalue weighted by molar-refractivity contribution is 8.10. The topological polar surface area (TPSA) is 15.3 Å². The van der Waals surface area contributed by atoms with Gasteiger partial charge in [-0.3, -0.25) is 0 Å². The quantitative estimate of drug-likeness (QED) is 0.692. The smallest absolute Gasteiger partial charge is 0.114 e. The normalized spacial score (nSPS) is 23.2. The van der Waals surface area contributed by atoms with Crippen molar-refractivity contribution in [3.8, 4) is 0 Å². The molecule has 2 nitrogen and oxygen atoms in total. The molecule has 1 atom stereocenters. The van der Waals surface area contributed by atoms with Crippen LogP contribution in [-0.4, -0.2) is 17.0 Å². The molecule has 1 aliphatic rings. The number of benzene rings is 1. The second kappa shape index (κ2) is 4.26. The molecule has 4 heteroatoms. The van der Waals surface area contributed by atoms with Gasteiger partial charge in [0, 0.05) is 12.3 Å². The van der Waals surface area contributed by atoms with E-state index in [2.05, 4.69) is 35.2 Å². The van der Waals surface area contributed by atoms with Crippen molar-refractivity contribution >= 4 is 30.1 Å². The fourth-order valence-electron chi connectivity index (χ4n) is 1.30. The minimum absolute atomic E-state index is 0.217. The van der Waals surface area contributed by atoms with E-state index in [1.165, 1.54) is 5.69 Å². The van der Waals surface area contributed by atoms with Crippen LogP contribution in [0.3, 0.4) is 0 Å². The molecule has 1 N–H and O–H groups in total. The molecule has 13 heavy (non-hydrogen) atoms. The number of anilines is 1. The van der Waals surface area contributed by atoms with Gasteiger partial charge in [-0.2, -0.15) is 0 Å². The van der Waals surface area contributed by atoms with Crippen LogP contribution in [0.15, 0.2) is 30.3 Å². The molecule has 0 amide bonds. The minimum atomic E-state index is 0.217. The summed E-state index contributed by atoms with van der Waals surface area (Å²) in [5.41, 5.74) is 4.50. The molecule has 1 unspecified atom stereocenters. The van der Waals surface area contributed by atoms with E-state index in [0.29, 0.717) is 0 Å². The maximum atomic E-state index is 4.38. The van der Waals surface area contributed by atoms with Gasteiger partial charge in [0.1, 0.15) is 4.71 Å². The summed E-state index contributed by atoms with van der Waals surface area (Å²) in [6.45, 7) is 1.03. The zero-order chi connectivity index (χ0) is 9.10. The second-order valence-corrected chi connectivity index (χ2v) is 4.92. The Morgan fingerprint density at radius 3 is 2.85 bits per heavy atom. The zero-order valence-electron chi connectivity index (χ0n) is 7.18. The van der Waals surface area contributed by atoms with Crippen molar-refractivity contribution < 1.29 is 0 Å². The maximum absolute atomic E-state index is 4.38. The second-order valence-electron chi connectivity index (χ2n) is 2.84. The van der Waals surface area contributed by atoms with E-state index in [9.17, 15) is 0 Å². The van der Waals surface area contributed by atoms with Crippen LogP contribution in [0.2, 0.25) is 0 Å². The standard InChI is InChI=1S/C9H12N2S2/c12-9-10-11(6-7-13-9)8-4-2-1-3-5-8/h1-5,9-10,12H,6-7H2. The molecule has 2 rings (SSSR count). The van der Waals surface area contributed by atoms with Crippen molar-refractivity contribution in [3.05, 3.63) is 30.3 Å². The highest BCUT2D eigenvalue weighted by atomic mass is 32.2. The van der Waals surface area contributed by atoms with Crippen LogP contribution >= 0.6 is 24.4 Å². The summed E-state index contributed by atoms with van der Waals surface area (Å²) >= 11 is 6.21. The third-order valence-corrected chi connectivity index (χ3v) is 3.33. The molecular formula is C9H12N2S2. The SMILES string of the molecule is SC1NN(c2ccccc2)CCS1. The molecule has 0 aliphatic carbocycles. The van der Waals surface area contributed by atoms with Gasteiger partial charge in [-0.25, -0.2) is 5.43 Å². The van der Waals surface area contributed by atoms with E-state index in [4.69, 9.17) is 0 Å². The van der Waals surface area contributed by atoms with Gasteiger partial charge in [-0.05, 0) is 12.1 Å². The molecule has 1 fully saturated rings. The number of para-hydroxylation sites is 1. The van der Waals surface area contributed by atoms with Gasteiger partial charge in [0.05, 0.1) is 5.69 Å². The summed E-state index contributed by atoms with van der Waals surface area (Å²) in [5, 5.41) is 2.15. The molecule has 1 aromatic rings. The summed E-state index contributed by atoms with van der Waals surface area (Å²) in [6.07, 6.45) is 0. The monoisotopic (exact) mass is 212 g/mol. The molecule has 1 aliphatic heterocycles. The lowest BCUT2D eigenvalue weighted by molar-refractivity contribution is 0.679. The van der Waals surface area contributed by atoms with E-state index in [1.54, 1.807) is 0 Å². The molecule has 0 bridgehead atoms. The Morgan fingerprint density at radius 1 is 1.38 bits per heavy atom. The van der Waals surface area contributed by atoms with Crippen molar-refractivity contribution in [2.24, 2.45) is 0 Å². The van der Waals surface area contributed by atoms with E-state index in [1.807, 2.05) is 30.0 Å². The Labute approximate surface area is 88.1 Å². The molecule has 70 valence electrons. The number of nitrogens with one attached hydrogen (secondary N) is 1. The summed E-state index contributed by atoms with van der Waals surface area (Å²) in [4.78, 5) is 0. The number of nitrogens with zero attached hydrogens (tertiary/aromatic N) is 1. The number of hydrogen-bond acceptors (Lipinski definition) is 4. The van der Waals surface area contributed by atoms with Crippen molar-refractivity contribution in [2.75, 3.05) is 17.3 Å². The Morgan fingerprint density at radius 2 is 2.15 bits per heavy atom. The summed E-state index contributed by atoms with van der Waals surface area (Å²) in [7, 11) is 0. The predicted octanol–water partition coefficient (Wildman–Crippen LogP) is 1.96. The van der Waals surface area contributed by atoms with Crippen molar-refractivity contribution in [1.29, 1.82) is 0 Å². The molecule has 1 saturated heterocycles. The first-order valence-corrected chi connectivity index (χ1v) is 5.81. The maximum Gasteiger partial charge on any atom is 0.114 e. The first-order valence-electron chi connectivity index (χ1n) is 4.25. The van der Waals surface area contributed by atoms with E-state index < -0.39 is 0 Å². The van der Waals surface area contributed by atoms with Gasteiger partial charge in [-0.1, -0.05) is 18.2 Å². The third-order valence-electron chi connectivity index (χ3n) is 1.92. The molecule has 1 heterocycles. The van der Waals surface area contributed by atoms with Gasteiger partial charge in [0.2, 0.25) is 0 Å². The van der Waals surface area contributed by atoms with E-state index in [-0.39, 0.29) is 4.71 Å². The van der Waals surface area contributed by atoms with Crippen LogP contribution in [0.4, 0.5) is 5.69 Å². The Hall–Kier alpha value is -0.320. The average molecular weight is 212 g/mol. The van der Waals surface area contributed by atoms with Crippen LogP contribution in [0.1, 0.15) is 0 Å². The number of hydrazine groups is 1. The first-order chi connectivity index (χ1) is 6.36. The first kappa shape index (κ1) is 9.24. The van der Waals surface area contributed by atoms with Crippen molar-refractivity contribution in [2.45, 2.75) is 4.71 Å². The third kappa shape index (κ3) is 2.33. The largest absolute Gasteiger partial charge is 0.306 e. The summed E-state index contributed by atoms with van der Waals surface area (Å²) in [6, 6.07) is 10.3. The number of hydrogen-bond donors (Lipinski definition) is 2. The molecule has 1 aromatic carbocycles. The lowest BCUT2D eigenvalue weighted by Gasteiger charge is -2.32. The van der Waals surface area contributed by atoms with Crippen LogP contribution < -0.4 is 10.4 Å². The molecule has 0 aromatic heterocycles. The fraction of sp³-hybridized carbons (Fsp3) is 0.333. The number of rotatable bonds is 1. The number of thiol groups is 1. The molecule has 0 saturated carbocycles. The van der Waals surface area contributed by atoms with Crippen molar-refractivity contribution in [3.63, 3.8) is 0 Å². The Bertz CT molecular complexity index is 266. The van der Waals surface area contributed by atoms with Gasteiger partial charge in [0.25, 0.3) is 0 Å². The zero-order valence-corrected chi connectivity index (χ0v) is 8.89. The fourth-order valence-corrected chi connectivity index (χ4v) is 2.47. The van der Waals surface area contributed by atoms with Gasteiger partial charge >= 0.3 is 0 Å². The highest BCUT2D eigenvalue weighted by Crippen LogP contribution is 2.21. The average Bonchev–Trinajstić information content (AvgIpc) is 2.19. The van der Waals surface area contributed by atoms with Gasteiger partial charge in [0.15, 0.2) is 0 Å². The van der Waals surface area contributed by atoms with E-state index in [0.717, 1.165) is 12.3 Å². The molecule has 0 spiro atoms.